The lowest BCUT2D eigenvalue weighted by atomic mass is 9.91. The number of carbonyl (C=O) groups excluding carboxylic acids is 2. The van der Waals surface area contributed by atoms with E-state index in [4.69, 9.17) is 14.5 Å². The highest BCUT2D eigenvalue weighted by molar-refractivity contribution is 7.22. The lowest BCUT2D eigenvalue weighted by Crippen LogP contribution is -2.44. The number of ether oxygens (including phenoxy) is 2. The van der Waals surface area contributed by atoms with Gasteiger partial charge in [-0.15, -0.1) is 0 Å². The number of rotatable bonds is 7. The molecule has 1 unspecified atom stereocenters. The first kappa shape index (κ1) is 23.5. The Hall–Kier alpha value is -3.24. The van der Waals surface area contributed by atoms with Gasteiger partial charge in [0, 0.05) is 44.1 Å². The number of hydrogen-bond donors (Lipinski definition) is 3. The number of benzene rings is 1. The fourth-order valence-corrected chi connectivity index (χ4v) is 5.50. The number of aromatic nitrogens is 2. The van der Waals surface area contributed by atoms with Gasteiger partial charge in [0.05, 0.1) is 10.2 Å². The average Bonchev–Trinajstić information content (AvgIpc) is 3.55. The van der Waals surface area contributed by atoms with E-state index >= 15 is 0 Å². The van der Waals surface area contributed by atoms with Gasteiger partial charge in [-0.2, -0.15) is 0 Å². The molecule has 1 atom stereocenters. The van der Waals surface area contributed by atoms with Crippen LogP contribution in [0.2, 0.25) is 0 Å². The number of anilines is 1. The minimum absolute atomic E-state index is 0.0414. The van der Waals surface area contributed by atoms with Crippen molar-refractivity contribution in [1.29, 1.82) is 0 Å². The van der Waals surface area contributed by atoms with Gasteiger partial charge in [-0.25, -0.2) is 4.98 Å². The maximum absolute atomic E-state index is 12.3. The van der Waals surface area contributed by atoms with Gasteiger partial charge in [-0.1, -0.05) is 11.3 Å². The molecular weight excluding hydrogens is 466 g/mol. The summed E-state index contributed by atoms with van der Waals surface area (Å²) >= 11 is 1.59. The second-order valence-corrected chi connectivity index (χ2v) is 9.94. The molecule has 0 spiro atoms. The fourth-order valence-electron chi connectivity index (χ4n) is 4.53. The molecule has 1 saturated carbocycles. The Morgan fingerprint density at radius 1 is 1.06 bits per heavy atom. The van der Waals surface area contributed by atoms with Crippen LogP contribution in [0.15, 0.2) is 36.5 Å². The van der Waals surface area contributed by atoms with Crippen LogP contribution >= 0.6 is 11.3 Å². The molecule has 2 aliphatic rings. The first-order valence-electron chi connectivity index (χ1n) is 12.0. The van der Waals surface area contributed by atoms with Crippen molar-refractivity contribution >= 4 is 38.5 Å². The van der Waals surface area contributed by atoms with Crippen molar-refractivity contribution in [3.8, 4) is 11.5 Å². The van der Waals surface area contributed by atoms with E-state index < -0.39 is 0 Å². The molecule has 5 rings (SSSR count). The number of amides is 2. The molecule has 0 radical (unpaired) electrons. The third kappa shape index (κ3) is 5.71. The minimum atomic E-state index is -0.265. The molecule has 2 aromatic heterocycles. The molecule has 0 bridgehead atoms. The molecule has 1 aliphatic heterocycles. The Balaban J connectivity index is 1.16. The van der Waals surface area contributed by atoms with Gasteiger partial charge in [-0.05, 0) is 56.7 Å². The molecule has 35 heavy (non-hydrogen) atoms. The van der Waals surface area contributed by atoms with Crippen LogP contribution in [0, 0.1) is 0 Å². The SMILES string of the molecule is CNC(=O)c1cc(Oc2ccc3nc(NC4CCC(NC(=O)C5CCCO5)CC4)sc3c2)ccn1. The Morgan fingerprint density at radius 3 is 2.63 bits per heavy atom. The lowest BCUT2D eigenvalue weighted by molar-refractivity contribution is -0.131. The van der Waals surface area contributed by atoms with Crippen molar-refractivity contribution in [1.82, 2.24) is 20.6 Å². The van der Waals surface area contributed by atoms with Gasteiger partial charge < -0.3 is 25.4 Å². The number of thiazole rings is 1. The second kappa shape index (κ2) is 10.6. The summed E-state index contributed by atoms with van der Waals surface area (Å²) in [4.78, 5) is 32.9. The highest BCUT2D eigenvalue weighted by Crippen LogP contribution is 2.33. The summed E-state index contributed by atoms with van der Waals surface area (Å²) in [5.74, 6) is 0.997. The summed E-state index contributed by atoms with van der Waals surface area (Å²) in [6.45, 7) is 0.687. The van der Waals surface area contributed by atoms with Crippen molar-refractivity contribution in [2.45, 2.75) is 56.7 Å². The van der Waals surface area contributed by atoms with E-state index in [2.05, 4.69) is 20.9 Å². The van der Waals surface area contributed by atoms with Gasteiger partial charge in [0.1, 0.15) is 23.3 Å². The number of nitrogens with one attached hydrogen (secondary N) is 3. The molecule has 1 aliphatic carbocycles. The van der Waals surface area contributed by atoms with Gasteiger partial charge in [-0.3, -0.25) is 14.6 Å². The van der Waals surface area contributed by atoms with Crippen molar-refractivity contribution in [3.05, 3.63) is 42.2 Å². The van der Waals surface area contributed by atoms with Crippen molar-refractivity contribution in [2.75, 3.05) is 19.0 Å². The van der Waals surface area contributed by atoms with Crippen LogP contribution in [-0.4, -0.2) is 53.6 Å². The number of hydrogen-bond acceptors (Lipinski definition) is 8. The smallest absolute Gasteiger partial charge is 0.269 e. The zero-order valence-corrected chi connectivity index (χ0v) is 20.4. The zero-order chi connectivity index (χ0) is 24.2. The first-order valence-corrected chi connectivity index (χ1v) is 12.8. The molecule has 3 heterocycles. The summed E-state index contributed by atoms with van der Waals surface area (Å²) in [5, 5.41) is 10.2. The van der Waals surface area contributed by atoms with E-state index in [9.17, 15) is 9.59 Å². The van der Waals surface area contributed by atoms with E-state index in [0.717, 1.165) is 53.9 Å². The van der Waals surface area contributed by atoms with E-state index in [-0.39, 0.29) is 24.0 Å². The highest BCUT2D eigenvalue weighted by atomic mass is 32.1. The predicted octanol–water partition coefficient (Wildman–Crippen LogP) is 3.86. The number of carbonyl (C=O) groups is 2. The van der Waals surface area contributed by atoms with E-state index in [1.807, 2.05) is 18.2 Å². The molecule has 184 valence electrons. The first-order chi connectivity index (χ1) is 17.1. The summed E-state index contributed by atoms with van der Waals surface area (Å²) < 4.78 is 12.5. The second-order valence-electron chi connectivity index (χ2n) is 8.91. The zero-order valence-electron chi connectivity index (χ0n) is 19.6. The van der Waals surface area contributed by atoms with E-state index in [0.29, 0.717) is 29.8 Å². The van der Waals surface area contributed by atoms with Gasteiger partial charge in [0.25, 0.3) is 5.91 Å². The molecule has 1 aromatic carbocycles. The highest BCUT2D eigenvalue weighted by Gasteiger charge is 2.28. The van der Waals surface area contributed by atoms with Crippen LogP contribution in [0.3, 0.4) is 0 Å². The number of fused-ring (bicyclic) bond motifs is 1. The van der Waals surface area contributed by atoms with Crippen LogP contribution in [0.25, 0.3) is 10.2 Å². The summed E-state index contributed by atoms with van der Waals surface area (Å²) in [6.07, 6.45) is 6.94. The predicted molar refractivity (Wildman–Crippen MR) is 134 cm³/mol. The van der Waals surface area contributed by atoms with Crippen LogP contribution in [0.1, 0.15) is 49.0 Å². The molecule has 9 nitrogen and oxygen atoms in total. The largest absolute Gasteiger partial charge is 0.457 e. The molecule has 1 saturated heterocycles. The monoisotopic (exact) mass is 495 g/mol. The topological polar surface area (TPSA) is 114 Å². The third-order valence-electron chi connectivity index (χ3n) is 6.41. The Labute approximate surface area is 207 Å². The van der Waals surface area contributed by atoms with Gasteiger partial charge >= 0.3 is 0 Å². The standard InChI is InChI=1S/C25H29N5O4S/c1-26-23(31)20-13-18(10-11-27-20)34-17-8-9-19-22(14-17)35-25(30-19)29-16-6-4-15(5-7-16)28-24(32)21-3-2-12-33-21/h8-11,13-16,21H,2-7,12H2,1H3,(H,26,31)(H,28,32)(H,29,30). The Bertz CT molecular complexity index is 1200. The molecule has 3 N–H and O–H groups in total. The van der Waals surface area contributed by atoms with Crippen LogP contribution < -0.4 is 20.7 Å². The Kier molecular flexibility index (Phi) is 7.10. The molecule has 2 fully saturated rings. The van der Waals surface area contributed by atoms with Crippen LogP contribution in [0.4, 0.5) is 5.13 Å². The molecule has 10 heteroatoms. The summed E-state index contributed by atoms with van der Waals surface area (Å²) in [7, 11) is 1.57. The van der Waals surface area contributed by atoms with Crippen molar-refractivity contribution in [2.24, 2.45) is 0 Å². The van der Waals surface area contributed by atoms with Crippen LogP contribution in [0.5, 0.6) is 11.5 Å². The normalized spacial score (nSPS) is 22.0. The Morgan fingerprint density at radius 2 is 1.86 bits per heavy atom. The average molecular weight is 496 g/mol. The van der Waals surface area contributed by atoms with Crippen LogP contribution in [-0.2, 0) is 9.53 Å². The van der Waals surface area contributed by atoms with Crippen molar-refractivity contribution < 1.29 is 19.1 Å². The van der Waals surface area contributed by atoms with E-state index in [1.54, 1.807) is 36.7 Å². The minimum Gasteiger partial charge on any atom is -0.457 e. The van der Waals surface area contributed by atoms with Crippen molar-refractivity contribution in [3.63, 3.8) is 0 Å². The molecule has 3 aromatic rings. The lowest BCUT2D eigenvalue weighted by Gasteiger charge is -2.30. The summed E-state index contributed by atoms with van der Waals surface area (Å²) in [6, 6.07) is 9.64. The maximum atomic E-state index is 12.3. The fraction of sp³-hybridized carbons (Fsp3) is 0.440. The molecular formula is C25H29N5O4S. The maximum Gasteiger partial charge on any atom is 0.269 e. The van der Waals surface area contributed by atoms with E-state index in [1.165, 1.54) is 0 Å². The van der Waals surface area contributed by atoms with Gasteiger partial charge in [0.2, 0.25) is 5.91 Å². The quantitative estimate of drug-likeness (QED) is 0.456. The summed E-state index contributed by atoms with van der Waals surface area (Å²) in [5.41, 5.74) is 1.21. The van der Waals surface area contributed by atoms with Gasteiger partial charge in [0.15, 0.2) is 5.13 Å². The molecule has 2 amide bonds. The third-order valence-corrected chi connectivity index (χ3v) is 7.36. The number of nitrogens with zero attached hydrogens (tertiary/aromatic N) is 2. The number of pyridine rings is 1.